The van der Waals surface area contributed by atoms with Gasteiger partial charge < -0.3 is 14.8 Å². The smallest absolute Gasteiger partial charge is 0.288 e. The van der Waals surface area contributed by atoms with E-state index in [1.165, 1.54) is 0 Å². The number of benzene rings is 2. The molecule has 1 heterocycles. The lowest BCUT2D eigenvalue weighted by Crippen LogP contribution is -2.19. The van der Waals surface area contributed by atoms with Crippen LogP contribution in [0.3, 0.4) is 0 Å². The Bertz CT molecular complexity index is 734. The molecular weight excluding hydrogens is 360 g/mol. The Labute approximate surface area is 154 Å². The number of amides is 1. The number of carbonyl (C=O) groups excluding carboxylic acids is 1. The van der Waals surface area contributed by atoms with Gasteiger partial charge in [-0.2, -0.15) is 8.78 Å². The van der Waals surface area contributed by atoms with Crippen LogP contribution in [0.1, 0.15) is 23.2 Å². The summed E-state index contributed by atoms with van der Waals surface area (Å²) in [6, 6.07) is 13.3. The number of hydrogen-bond acceptors (Lipinski definition) is 4. The lowest BCUT2D eigenvalue weighted by Gasteiger charge is -2.14. The van der Waals surface area contributed by atoms with Crippen LogP contribution >= 0.6 is 11.8 Å². The van der Waals surface area contributed by atoms with Crippen molar-refractivity contribution in [1.29, 1.82) is 0 Å². The maximum Gasteiger partial charge on any atom is 0.288 e. The van der Waals surface area contributed by atoms with Gasteiger partial charge in [-0.25, -0.2) is 0 Å². The molecule has 2 aromatic rings. The molecule has 0 saturated carbocycles. The number of ether oxygens (including phenoxy) is 2. The molecule has 0 spiro atoms. The van der Waals surface area contributed by atoms with Crippen LogP contribution in [0.4, 0.5) is 14.5 Å². The van der Waals surface area contributed by atoms with E-state index in [2.05, 4.69) is 5.32 Å². The third-order valence-corrected chi connectivity index (χ3v) is 4.64. The van der Waals surface area contributed by atoms with Crippen LogP contribution in [0.25, 0.3) is 0 Å². The van der Waals surface area contributed by atoms with Gasteiger partial charge in [-0.3, -0.25) is 4.79 Å². The second kappa shape index (κ2) is 9.00. The van der Waals surface area contributed by atoms with Gasteiger partial charge in [0.25, 0.3) is 11.7 Å². The number of carbonyl (C=O) groups is 1. The number of thioether (sulfide) groups is 1. The molecule has 4 nitrogen and oxygen atoms in total. The molecule has 2 aromatic carbocycles. The first kappa shape index (κ1) is 18.7. The van der Waals surface area contributed by atoms with Crippen LogP contribution in [0, 0.1) is 0 Å². The largest absolute Gasteiger partial charge is 0.490 e. The standard InChI is InChI=1S/C19H19F2NO3S/c20-19(21)26-15-9-7-13(8-10-15)22-18(23)16-5-1-2-6-17(16)25-12-14-4-3-11-24-14/h1-2,5-10,14,19H,3-4,11-12H2,(H,22,23)/t14-/m1/s1. The fraction of sp³-hybridized carbons (Fsp3) is 0.316. The Kier molecular flexibility index (Phi) is 6.46. The average Bonchev–Trinajstić information content (AvgIpc) is 3.15. The predicted molar refractivity (Wildman–Crippen MR) is 97.2 cm³/mol. The zero-order valence-corrected chi connectivity index (χ0v) is 14.8. The Morgan fingerprint density at radius 1 is 1.23 bits per heavy atom. The van der Waals surface area contributed by atoms with Crippen molar-refractivity contribution in [2.24, 2.45) is 0 Å². The fourth-order valence-corrected chi connectivity index (χ4v) is 3.16. The van der Waals surface area contributed by atoms with E-state index in [1.54, 1.807) is 48.5 Å². The summed E-state index contributed by atoms with van der Waals surface area (Å²) >= 11 is 0.466. The van der Waals surface area contributed by atoms with E-state index in [1.807, 2.05) is 0 Å². The average molecular weight is 379 g/mol. The summed E-state index contributed by atoms with van der Waals surface area (Å²) in [7, 11) is 0. The number of rotatable bonds is 7. The second-order valence-corrected chi connectivity index (χ2v) is 6.86. The van der Waals surface area contributed by atoms with Crippen LogP contribution in [0.2, 0.25) is 0 Å². The van der Waals surface area contributed by atoms with Gasteiger partial charge in [0.1, 0.15) is 12.4 Å². The fourth-order valence-electron chi connectivity index (χ4n) is 2.66. The molecule has 1 aliphatic heterocycles. The first-order valence-corrected chi connectivity index (χ1v) is 9.19. The monoisotopic (exact) mass is 379 g/mol. The third kappa shape index (κ3) is 5.19. The molecule has 0 radical (unpaired) electrons. The molecule has 1 amide bonds. The number of alkyl halides is 2. The van der Waals surface area contributed by atoms with E-state index in [4.69, 9.17) is 9.47 Å². The Hall–Kier alpha value is -2.12. The first-order valence-electron chi connectivity index (χ1n) is 8.31. The molecule has 0 unspecified atom stereocenters. The van der Waals surface area contributed by atoms with Crippen molar-refractivity contribution in [2.75, 3.05) is 18.5 Å². The molecule has 1 aliphatic rings. The van der Waals surface area contributed by atoms with Crippen molar-refractivity contribution in [3.8, 4) is 5.75 Å². The normalized spacial score (nSPS) is 16.7. The molecule has 1 fully saturated rings. The van der Waals surface area contributed by atoms with Crippen molar-refractivity contribution in [3.05, 3.63) is 54.1 Å². The summed E-state index contributed by atoms with van der Waals surface area (Å²) < 4.78 is 36.0. The van der Waals surface area contributed by atoms with Gasteiger partial charge in [0.2, 0.25) is 0 Å². The van der Waals surface area contributed by atoms with Crippen molar-refractivity contribution in [2.45, 2.75) is 29.6 Å². The lowest BCUT2D eigenvalue weighted by atomic mass is 10.1. The number of para-hydroxylation sites is 1. The molecule has 1 saturated heterocycles. The summed E-state index contributed by atoms with van der Waals surface area (Å²) in [5.41, 5.74) is 0.944. The van der Waals surface area contributed by atoms with E-state index < -0.39 is 5.76 Å². The van der Waals surface area contributed by atoms with Crippen molar-refractivity contribution >= 4 is 23.4 Å². The summed E-state index contributed by atoms with van der Waals surface area (Å²) in [4.78, 5) is 13.0. The highest BCUT2D eigenvalue weighted by molar-refractivity contribution is 7.99. The Morgan fingerprint density at radius 3 is 2.69 bits per heavy atom. The van der Waals surface area contributed by atoms with Gasteiger partial charge in [0, 0.05) is 17.2 Å². The summed E-state index contributed by atoms with van der Waals surface area (Å²) in [5.74, 6) is -2.30. The molecular formula is C19H19F2NO3S. The molecule has 0 aromatic heterocycles. The van der Waals surface area contributed by atoms with Crippen molar-refractivity contribution in [3.63, 3.8) is 0 Å². The van der Waals surface area contributed by atoms with Gasteiger partial charge in [-0.05, 0) is 49.2 Å². The van der Waals surface area contributed by atoms with E-state index in [0.717, 1.165) is 19.4 Å². The summed E-state index contributed by atoms with van der Waals surface area (Å²) in [5, 5.41) is 2.76. The van der Waals surface area contributed by atoms with Gasteiger partial charge in [-0.15, -0.1) is 0 Å². The predicted octanol–water partition coefficient (Wildman–Crippen LogP) is 4.81. The van der Waals surface area contributed by atoms with E-state index >= 15 is 0 Å². The maximum absolute atomic E-state index is 12.5. The molecule has 1 atom stereocenters. The lowest BCUT2D eigenvalue weighted by molar-refractivity contribution is 0.0673. The van der Waals surface area contributed by atoms with Gasteiger partial charge in [-0.1, -0.05) is 23.9 Å². The number of nitrogens with one attached hydrogen (secondary N) is 1. The zero-order valence-electron chi connectivity index (χ0n) is 14.0. The van der Waals surface area contributed by atoms with Crippen LogP contribution in [0.5, 0.6) is 5.75 Å². The van der Waals surface area contributed by atoms with E-state index in [-0.39, 0.29) is 12.0 Å². The number of anilines is 1. The molecule has 3 rings (SSSR count). The van der Waals surface area contributed by atoms with E-state index in [9.17, 15) is 13.6 Å². The van der Waals surface area contributed by atoms with Crippen LogP contribution in [-0.4, -0.2) is 31.0 Å². The van der Waals surface area contributed by atoms with Gasteiger partial charge in [0.15, 0.2) is 0 Å². The first-order chi connectivity index (χ1) is 12.6. The molecule has 26 heavy (non-hydrogen) atoms. The molecule has 0 bridgehead atoms. The minimum Gasteiger partial charge on any atom is -0.490 e. The topological polar surface area (TPSA) is 47.6 Å². The van der Waals surface area contributed by atoms with Crippen LogP contribution in [-0.2, 0) is 4.74 Å². The van der Waals surface area contributed by atoms with Crippen LogP contribution in [0.15, 0.2) is 53.4 Å². The molecule has 1 N–H and O–H groups in total. The van der Waals surface area contributed by atoms with Gasteiger partial charge in [0.05, 0.1) is 11.7 Å². The second-order valence-electron chi connectivity index (χ2n) is 5.80. The molecule has 7 heteroatoms. The maximum atomic E-state index is 12.5. The highest BCUT2D eigenvalue weighted by atomic mass is 32.2. The molecule has 0 aliphatic carbocycles. The summed E-state index contributed by atoms with van der Waals surface area (Å²) in [6.07, 6.45) is 2.04. The van der Waals surface area contributed by atoms with E-state index in [0.29, 0.717) is 40.3 Å². The number of halogens is 2. The van der Waals surface area contributed by atoms with Crippen molar-refractivity contribution in [1.82, 2.24) is 0 Å². The number of hydrogen-bond donors (Lipinski definition) is 1. The Morgan fingerprint density at radius 2 is 2.00 bits per heavy atom. The highest BCUT2D eigenvalue weighted by Gasteiger charge is 2.18. The minimum atomic E-state index is -2.47. The quantitative estimate of drug-likeness (QED) is 0.701. The third-order valence-electron chi connectivity index (χ3n) is 3.92. The van der Waals surface area contributed by atoms with Gasteiger partial charge >= 0.3 is 0 Å². The highest BCUT2D eigenvalue weighted by Crippen LogP contribution is 2.27. The molecule has 138 valence electrons. The van der Waals surface area contributed by atoms with Crippen LogP contribution < -0.4 is 10.1 Å². The van der Waals surface area contributed by atoms with Crippen molar-refractivity contribution < 1.29 is 23.0 Å². The zero-order chi connectivity index (χ0) is 18.4. The Balaban J connectivity index is 1.63. The minimum absolute atomic E-state index is 0.0611. The summed E-state index contributed by atoms with van der Waals surface area (Å²) in [6.45, 7) is 1.15. The SMILES string of the molecule is O=C(Nc1ccc(SC(F)F)cc1)c1ccccc1OC[C@H]1CCCO1.